The molecule has 2 aliphatic rings. The van der Waals surface area contributed by atoms with Crippen LogP contribution in [0.1, 0.15) is 52.4 Å². The standard InChI is InChI=1S/C17H24F3NO3/c1-10(2)8-11(15(23)24-3)21-12-9-16(6-4-5-7-16)13(12)14(22)17(18,19)20/h10-11,21H,4-9H2,1-3H3. The van der Waals surface area contributed by atoms with Gasteiger partial charge in [0.2, 0.25) is 0 Å². The van der Waals surface area contributed by atoms with E-state index in [-0.39, 0.29) is 17.2 Å². The van der Waals surface area contributed by atoms with Crippen molar-refractivity contribution in [3.63, 3.8) is 0 Å². The summed E-state index contributed by atoms with van der Waals surface area (Å²) in [5.74, 6) is -2.14. The summed E-state index contributed by atoms with van der Waals surface area (Å²) in [6.07, 6.45) is -1.21. The Bertz CT molecular complexity index is 546. The number of hydrogen-bond acceptors (Lipinski definition) is 4. The zero-order valence-corrected chi connectivity index (χ0v) is 14.3. The number of nitrogens with one attached hydrogen (secondary N) is 1. The Hall–Kier alpha value is -1.53. The summed E-state index contributed by atoms with van der Waals surface area (Å²) in [4.78, 5) is 23.8. The monoisotopic (exact) mass is 347 g/mol. The maximum atomic E-state index is 13.0. The number of ketones is 1. The Morgan fingerprint density at radius 2 is 1.83 bits per heavy atom. The summed E-state index contributed by atoms with van der Waals surface area (Å²) in [6, 6.07) is -0.736. The molecule has 2 rings (SSSR count). The van der Waals surface area contributed by atoms with Crippen LogP contribution in [-0.2, 0) is 14.3 Å². The average Bonchev–Trinajstić information content (AvgIpc) is 2.94. The second kappa shape index (κ2) is 6.76. The van der Waals surface area contributed by atoms with Crippen LogP contribution in [0.25, 0.3) is 0 Å². The van der Waals surface area contributed by atoms with Gasteiger partial charge in [0.15, 0.2) is 0 Å². The Balaban J connectivity index is 2.30. The minimum Gasteiger partial charge on any atom is -0.467 e. The molecule has 136 valence electrons. The van der Waals surface area contributed by atoms with Gasteiger partial charge in [-0.3, -0.25) is 4.79 Å². The van der Waals surface area contributed by atoms with Gasteiger partial charge in [-0.1, -0.05) is 26.7 Å². The highest BCUT2D eigenvalue weighted by Crippen LogP contribution is 2.57. The van der Waals surface area contributed by atoms with Gasteiger partial charge in [0.05, 0.1) is 7.11 Å². The molecule has 0 heterocycles. The third-order valence-electron chi connectivity index (χ3n) is 4.93. The van der Waals surface area contributed by atoms with Crippen LogP contribution in [0.2, 0.25) is 0 Å². The van der Waals surface area contributed by atoms with E-state index < -0.39 is 29.4 Å². The number of ether oxygens (including phenoxy) is 1. The molecule has 7 heteroatoms. The quantitative estimate of drug-likeness (QED) is 0.747. The van der Waals surface area contributed by atoms with Crippen LogP contribution >= 0.6 is 0 Å². The summed E-state index contributed by atoms with van der Waals surface area (Å²) in [5.41, 5.74) is -0.562. The third kappa shape index (κ3) is 3.59. The van der Waals surface area contributed by atoms with Gasteiger partial charge in [0, 0.05) is 16.7 Å². The fourth-order valence-electron chi connectivity index (χ4n) is 3.89. The van der Waals surface area contributed by atoms with Crippen LogP contribution in [0.4, 0.5) is 13.2 Å². The van der Waals surface area contributed by atoms with E-state index in [1.165, 1.54) is 7.11 Å². The Morgan fingerprint density at radius 3 is 2.29 bits per heavy atom. The van der Waals surface area contributed by atoms with Crippen LogP contribution in [0.15, 0.2) is 11.3 Å². The van der Waals surface area contributed by atoms with Gasteiger partial charge >= 0.3 is 12.1 Å². The number of alkyl halides is 3. The highest BCUT2D eigenvalue weighted by Gasteiger charge is 2.56. The summed E-state index contributed by atoms with van der Waals surface area (Å²) in [7, 11) is 1.24. The van der Waals surface area contributed by atoms with E-state index in [4.69, 9.17) is 4.74 Å². The molecule has 0 amide bonds. The van der Waals surface area contributed by atoms with Crippen LogP contribution < -0.4 is 5.32 Å². The lowest BCUT2D eigenvalue weighted by Gasteiger charge is -2.44. The Morgan fingerprint density at radius 1 is 1.25 bits per heavy atom. The average molecular weight is 347 g/mol. The van der Waals surface area contributed by atoms with Crippen molar-refractivity contribution in [2.24, 2.45) is 11.3 Å². The molecule has 0 aromatic heterocycles. The van der Waals surface area contributed by atoms with E-state index in [0.717, 1.165) is 12.8 Å². The molecule has 0 aromatic carbocycles. The number of Topliss-reactive ketones (excluding diaryl/α,β-unsaturated/α-hetero) is 1. The smallest absolute Gasteiger partial charge is 0.454 e. The fourth-order valence-corrected chi connectivity index (χ4v) is 3.89. The highest BCUT2D eigenvalue weighted by molar-refractivity contribution is 6.03. The molecule has 2 aliphatic carbocycles. The molecule has 0 aromatic rings. The molecule has 1 spiro atoms. The number of carbonyl (C=O) groups is 2. The van der Waals surface area contributed by atoms with Gasteiger partial charge in [-0.05, 0) is 31.6 Å². The molecule has 24 heavy (non-hydrogen) atoms. The third-order valence-corrected chi connectivity index (χ3v) is 4.93. The van der Waals surface area contributed by atoms with Gasteiger partial charge < -0.3 is 10.1 Å². The number of hydrogen-bond donors (Lipinski definition) is 1. The SMILES string of the molecule is COC(=O)C(CC(C)C)NC1=C(C(=O)C(F)(F)F)C2(CCCC2)C1. The maximum absolute atomic E-state index is 13.0. The Kier molecular flexibility index (Phi) is 5.30. The van der Waals surface area contributed by atoms with Crippen molar-refractivity contribution in [3.05, 3.63) is 11.3 Å². The summed E-state index contributed by atoms with van der Waals surface area (Å²) in [6.45, 7) is 3.82. The van der Waals surface area contributed by atoms with Gasteiger partial charge in [-0.2, -0.15) is 13.2 Å². The minimum atomic E-state index is -4.89. The van der Waals surface area contributed by atoms with Crippen LogP contribution in [0.3, 0.4) is 0 Å². The second-order valence-electron chi connectivity index (χ2n) is 7.19. The topological polar surface area (TPSA) is 55.4 Å². The lowest BCUT2D eigenvalue weighted by atomic mass is 9.63. The number of methoxy groups -OCH3 is 1. The molecule has 0 saturated heterocycles. The van der Waals surface area contributed by atoms with Crippen molar-refractivity contribution in [2.45, 2.75) is 64.6 Å². The molecular formula is C17H24F3NO3. The van der Waals surface area contributed by atoms with E-state index >= 15 is 0 Å². The molecule has 0 aliphatic heterocycles. The lowest BCUT2D eigenvalue weighted by Crippen LogP contribution is -2.48. The van der Waals surface area contributed by atoms with E-state index in [1.54, 1.807) is 0 Å². The minimum absolute atomic E-state index is 0.157. The first kappa shape index (κ1) is 18.8. The van der Waals surface area contributed by atoms with E-state index in [0.29, 0.717) is 25.7 Å². The molecule has 1 atom stereocenters. The van der Waals surface area contributed by atoms with Crippen molar-refractivity contribution >= 4 is 11.8 Å². The first-order valence-corrected chi connectivity index (χ1v) is 8.30. The second-order valence-corrected chi connectivity index (χ2v) is 7.19. The van der Waals surface area contributed by atoms with Gasteiger partial charge in [0.25, 0.3) is 5.78 Å². The first-order valence-electron chi connectivity index (χ1n) is 8.30. The molecule has 1 saturated carbocycles. The number of halogens is 3. The maximum Gasteiger partial charge on any atom is 0.454 e. The number of esters is 1. The van der Waals surface area contributed by atoms with Crippen molar-refractivity contribution in [2.75, 3.05) is 7.11 Å². The lowest BCUT2D eigenvalue weighted by molar-refractivity contribution is -0.168. The fraction of sp³-hybridized carbons (Fsp3) is 0.765. The largest absolute Gasteiger partial charge is 0.467 e. The number of allylic oxidation sites excluding steroid dienone is 2. The highest BCUT2D eigenvalue weighted by atomic mass is 19.4. The van der Waals surface area contributed by atoms with Crippen molar-refractivity contribution in [1.82, 2.24) is 5.32 Å². The number of carbonyl (C=O) groups excluding carboxylic acids is 2. The van der Waals surface area contributed by atoms with Crippen LogP contribution in [0.5, 0.6) is 0 Å². The normalized spacial score (nSPS) is 21.0. The van der Waals surface area contributed by atoms with Crippen molar-refractivity contribution < 1.29 is 27.5 Å². The van der Waals surface area contributed by atoms with Gasteiger partial charge in [0.1, 0.15) is 6.04 Å². The van der Waals surface area contributed by atoms with E-state index in [1.807, 2.05) is 13.8 Å². The predicted octanol–water partition coefficient (Wildman–Crippen LogP) is 3.51. The molecular weight excluding hydrogens is 323 g/mol. The molecule has 0 radical (unpaired) electrons. The summed E-state index contributed by atoms with van der Waals surface area (Å²) >= 11 is 0. The molecule has 1 unspecified atom stereocenters. The molecule has 4 nitrogen and oxygen atoms in total. The van der Waals surface area contributed by atoms with Gasteiger partial charge in [-0.25, -0.2) is 4.79 Å². The zero-order chi connectivity index (χ0) is 18.1. The number of rotatable bonds is 6. The molecule has 0 bridgehead atoms. The van der Waals surface area contributed by atoms with Crippen molar-refractivity contribution in [3.8, 4) is 0 Å². The molecule has 1 N–H and O–H groups in total. The zero-order valence-electron chi connectivity index (χ0n) is 14.3. The van der Waals surface area contributed by atoms with Crippen LogP contribution in [-0.4, -0.2) is 31.1 Å². The van der Waals surface area contributed by atoms with E-state index in [9.17, 15) is 22.8 Å². The first-order chi connectivity index (χ1) is 11.1. The van der Waals surface area contributed by atoms with Crippen molar-refractivity contribution in [1.29, 1.82) is 0 Å². The molecule has 1 fully saturated rings. The van der Waals surface area contributed by atoms with E-state index in [2.05, 4.69) is 5.32 Å². The summed E-state index contributed by atoms with van der Waals surface area (Å²) < 4.78 is 43.7. The van der Waals surface area contributed by atoms with Gasteiger partial charge in [-0.15, -0.1) is 0 Å². The van der Waals surface area contributed by atoms with Crippen LogP contribution in [0, 0.1) is 11.3 Å². The Labute approximate surface area is 139 Å². The predicted molar refractivity (Wildman–Crippen MR) is 82.0 cm³/mol. The summed E-state index contributed by atoms with van der Waals surface area (Å²) in [5, 5.41) is 2.87.